The van der Waals surface area contributed by atoms with Gasteiger partial charge in [-0.1, -0.05) is 36.4 Å². The first-order chi connectivity index (χ1) is 12.9. The molecule has 3 nitrogen and oxygen atoms in total. The number of aromatic nitrogens is 1. The summed E-state index contributed by atoms with van der Waals surface area (Å²) in [5, 5.41) is 0. The zero-order valence-corrected chi connectivity index (χ0v) is 14.3. The van der Waals surface area contributed by atoms with E-state index in [-0.39, 0.29) is 0 Å². The molecule has 1 heterocycles. The highest BCUT2D eigenvalue weighted by Crippen LogP contribution is 2.34. The second-order valence-electron chi connectivity index (χ2n) is 5.91. The predicted molar refractivity (Wildman–Crippen MR) is 109 cm³/mol. The minimum atomic E-state index is 0.921. The van der Waals surface area contributed by atoms with E-state index in [1.165, 1.54) is 0 Å². The van der Waals surface area contributed by atoms with Crippen LogP contribution >= 0.6 is 0 Å². The summed E-state index contributed by atoms with van der Waals surface area (Å²) in [6, 6.07) is 33.0. The maximum atomic E-state index is 4.52. The smallest absolute Gasteiger partial charge is 0.0632 e. The maximum Gasteiger partial charge on any atom is 0.0632 e. The van der Waals surface area contributed by atoms with E-state index in [1.807, 2.05) is 48.8 Å². The van der Waals surface area contributed by atoms with Crippen LogP contribution in [0.1, 0.15) is 5.69 Å². The fourth-order valence-corrected chi connectivity index (χ4v) is 2.86. The topological polar surface area (TPSA) is 31.4 Å². The molecule has 126 valence electrons. The monoisotopic (exact) mass is 337 g/mol. The summed E-state index contributed by atoms with van der Waals surface area (Å²) in [7, 11) is 0. The van der Waals surface area contributed by atoms with Crippen molar-refractivity contribution in [3.63, 3.8) is 0 Å². The number of benzene rings is 3. The van der Waals surface area contributed by atoms with Crippen LogP contribution < -0.4 is 4.90 Å². The maximum absolute atomic E-state index is 4.52. The Balaban J connectivity index is 1.66. The van der Waals surface area contributed by atoms with Crippen molar-refractivity contribution in [2.24, 2.45) is 4.99 Å². The van der Waals surface area contributed by atoms with Gasteiger partial charge < -0.3 is 9.88 Å². The van der Waals surface area contributed by atoms with Crippen molar-refractivity contribution in [2.45, 2.75) is 0 Å². The second-order valence-corrected chi connectivity index (χ2v) is 5.91. The van der Waals surface area contributed by atoms with Gasteiger partial charge in [-0.2, -0.15) is 0 Å². The lowest BCUT2D eigenvalue weighted by molar-refractivity contribution is 1.28. The highest BCUT2D eigenvalue weighted by molar-refractivity contribution is 5.81. The molecule has 0 aliphatic rings. The molecule has 1 N–H and O–H groups in total. The molecule has 0 unspecified atom stereocenters. The first kappa shape index (κ1) is 15.9. The summed E-state index contributed by atoms with van der Waals surface area (Å²) in [6.45, 7) is 0. The number of nitrogens with one attached hydrogen (secondary N) is 1. The number of anilines is 3. The molecule has 4 rings (SSSR count). The van der Waals surface area contributed by atoms with Gasteiger partial charge in [0.2, 0.25) is 0 Å². The summed E-state index contributed by atoms with van der Waals surface area (Å²) in [5.74, 6) is 0. The predicted octanol–water partition coefficient (Wildman–Crippen LogP) is 6.24. The molecule has 1 aromatic heterocycles. The highest BCUT2D eigenvalue weighted by Gasteiger charge is 2.11. The van der Waals surface area contributed by atoms with Crippen LogP contribution in [0.5, 0.6) is 0 Å². The van der Waals surface area contributed by atoms with Crippen LogP contribution in [0.15, 0.2) is 108 Å². The minimum absolute atomic E-state index is 0.921. The Bertz CT molecular complexity index is 918. The SMILES string of the molecule is C(=Nc1ccc(N(c2ccccc2)c2ccccc2)cc1)c1ccc[nH]1. The lowest BCUT2D eigenvalue weighted by atomic mass is 10.2. The number of nitrogens with zero attached hydrogens (tertiary/aromatic N) is 2. The Kier molecular flexibility index (Phi) is 4.61. The molecule has 0 radical (unpaired) electrons. The van der Waals surface area contributed by atoms with Crippen molar-refractivity contribution in [1.29, 1.82) is 0 Å². The van der Waals surface area contributed by atoms with Gasteiger partial charge in [0, 0.05) is 23.3 Å². The van der Waals surface area contributed by atoms with E-state index < -0.39 is 0 Å². The third-order valence-corrected chi connectivity index (χ3v) is 4.11. The third-order valence-electron chi connectivity index (χ3n) is 4.11. The van der Waals surface area contributed by atoms with Crippen LogP contribution in [0.3, 0.4) is 0 Å². The van der Waals surface area contributed by atoms with Crippen LogP contribution in [0.4, 0.5) is 22.7 Å². The lowest BCUT2D eigenvalue weighted by Gasteiger charge is -2.25. The van der Waals surface area contributed by atoms with Gasteiger partial charge in [-0.25, -0.2) is 0 Å². The van der Waals surface area contributed by atoms with Gasteiger partial charge in [-0.15, -0.1) is 0 Å². The summed E-state index contributed by atoms with van der Waals surface area (Å²) >= 11 is 0. The van der Waals surface area contributed by atoms with Gasteiger partial charge >= 0.3 is 0 Å². The molecule has 0 spiro atoms. The van der Waals surface area contributed by atoms with Gasteiger partial charge in [-0.05, 0) is 60.7 Å². The molecule has 3 aromatic carbocycles. The zero-order valence-electron chi connectivity index (χ0n) is 14.3. The van der Waals surface area contributed by atoms with Gasteiger partial charge in [0.05, 0.1) is 17.6 Å². The van der Waals surface area contributed by atoms with Crippen molar-refractivity contribution in [3.05, 3.63) is 109 Å². The van der Waals surface area contributed by atoms with Crippen molar-refractivity contribution < 1.29 is 0 Å². The van der Waals surface area contributed by atoms with Gasteiger partial charge in [0.1, 0.15) is 0 Å². The molecule has 0 saturated carbocycles. The summed E-state index contributed by atoms with van der Waals surface area (Å²) in [4.78, 5) is 9.88. The summed E-state index contributed by atoms with van der Waals surface area (Å²) < 4.78 is 0. The Morgan fingerprint density at radius 3 is 1.73 bits per heavy atom. The second kappa shape index (κ2) is 7.53. The largest absolute Gasteiger partial charge is 0.360 e. The normalized spacial score (nSPS) is 10.9. The molecule has 26 heavy (non-hydrogen) atoms. The standard InChI is InChI=1S/C23H19N3/c1-3-9-21(10-4-1)26(22-11-5-2-6-12-22)23-15-13-19(14-16-23)25-18-20-8-7-17-24-20/h1-18,24H. The van der Waals surface area contributed by atoms with Crippen molar-refractivity contribution in [2.75, 3.05) is 4.90 Å². The number of rotatable bonds is 5. The number of hydrogen-bond donors (Lipinski definition) is 1. The van der Waals surface area contributed by atoms with Gasteiger partial charge in [-0.3, -0.25) is 4.99 Å². The highest BCUT2D eigenvalue weighted by atomic mass is 15.1. The van der Waals surface area contributed by atoms with Crippen LogP contribution in [-0.4, -0.2) is 11.2 Å². The molecule has 0 saturated heterocycles. The molecule has 0 aliphatic carbocycles. The third kappa shape index (κ3) is 3.57. The molecule has 0 bridgehead atoms. The van der Waals surface area contributed by atoms with Crippen LogP contribution in [0.2, 0.25) is 0 Å². The Labute approximate surface area is 153 Å². The fraction of sp³-hybridized carbons (Fsp3) is 0. The quantitative estimate of drug-likeness (QED) is 0.430. The van der Waals surface area contributed by atoms with Crippen LogP contribution in [0, 0.1) is 0 Å². The molecule has 3 heteroatoms. The van der Waals surface area contributed by atoms with E-state index in [0.29, 0.717) is 0 Å². The van der Waals surface area contributed by atoms with E-state index in [4.69, 9.17) is 0 Å². The minimum Gasteiger partial charge on any atom is -0.360 e. The van der Waals surface area contributed by atoms with E-state index in [1.54, 1.807) is 0 Å². The molecule has 4 aromatic rings. The van der Waals surface area contributed by atoms with Crippen molar-refractivity contribution in [1.82, 2.24) is 4.98 Å². The van der Waals surface area contributed by atoms with Crippen molar-refractivity contribution >= 4 is 29.0 Å². The molecule has 0 atom stereocenters. The Morgan fingerprint density at radius 2 is 1.19 bits per heavy atom. The van der Waals surface area contributed by atoms with Gasteiger partial charge in [0.15, 0.2) is 0 Å². The molecule has 0 fully saturated rings. The number of H-pyrrole nitrogens is 1. The van der Waals surface area contributed by atoms with Crippen LogP contribution in [0.25, 0.3) is 0 Å². The van der Waals surface area contributed by atoms with E-state index >= 15 is 0 Å². The van der Waals surface area contributed by atoms with E-state index in [0.717, 1.165) is 28.4 Å². The number of para-hydroxylation sites is 2. The number of hydrogen-bond acceptors (Lipinski definition) is 2. The molecule has 0 amide bonds. The van der Waals surface area contributed by atoms with Gasteiger partial charge in [0.25, 0.3) is 0 Å². The fourth-order valence-electron chi connectivity index (χ4n) is 2.86. The first-order valence-electron chi connectivity index (χ1n) is 8.58. The summed E-state index contributed by atoms with van der Waals surface area (Å²) in [5.41, 5.74) is 5.26. The van der Waals surface area contributed by atoms with Crippen molar-refractivity contribution in [3.8, 4) is 0 Å². The number of aliphatic imine (C=N–C) groups is 1. The molecular weight excluding hydrogens is 318 g/mol. The Morgan fingerprint density at radius 1 is 0.615 bits per heavy atom. The Hall–Kier alpha value is -3.59. The lowest BCUT2D eigenvalue weighted by Crippen LogP contribution is -2.09. The first-order valence-corrected chi connectivity index (χ1v) is 8.58. The summed E-state index contributed by atoms with van der Waals surface area (Å²) in [6.07, 6.45) is 3.73. The van der Waals surface area contributed by atoms with E-state index in [2.05, 4.69) is 75.5 Å². The average Bonchev–Trinajstić information content (AvgIpc) is 3.23. The zero-order chi connectivity index (χ0) is 17.6. The molecular formula is C23H19N3. The number of aromatic amines is 1. The average molecular weight is 337 g/mol. The molecule has 0 aliphatic heterocycles. The van der Waals surface area contributed by atoms with Crippen LogP contribution in [-0.2, 0) is 0 Å². The van der Waals surface area contributed by atoms with E-state index in [9.17, 15) is 0 Å².